The second kappa shape index (κ2) is 6.82. The summed E-state index contributed by atoms with van der Waals surface area (Å²) in [5, 5.41) is 0. The SMILES string of the molecule is NCC1(CC(=O)N(Cc2ccccc2)C2CC2)CCCCC1. The Kier molecular flexibility index (Phi) is 4.82. The van der Waals surface area contributed by atoms with E-state index in [1.165, 1.54) is 24.8 Å². The Morgan fingerprint density at radius 1 is 1.14 bits per heavy atom. The normalized spacial score (nSPS) is 20.6. The summed E-state index contributed by atoms with van der Waals surface area (Å²) in [5.41, 5.74) is 7.36. The van der Waals surface area contributed by atoms with Gasteiger partial charge in [-0.05, 0) is 43.2 Å². The monoisotopic (exact) mass is 300 g/mol. The first-order valence-corrected chi connectivity index (χ1v) is 8.76. The molecule has 2 aliphatic carbocycles. The van der Waals surface area contributed by atoms with Gasteiger partial charge in [0.05, 0.1) is 0 Å². The van der Waals surface area contributed by atoms with Crippen molar-refractivity contribution in [2.24, 2.45) is 11.1 Å². The molecule has 2 fully saturated rings. The lowest BCUT2D eigenvalue weighted by atomic mass is 9.71. The number of hydrogen-bond acceptors (Lipinski definition) is 2. The molecular weight excluding hydrogens is 272 g/mol. The van der Waals surface area contributed by atoms with E-state index in [4.69, 9.17) is 5.73 Å². The summed E-state index contributed by atoms with van der Waals surface area (Å²) in [6, 6.07) is 10.8. The minimum Gasteiger partial charge on any atom is -0.335 e. The van der Waals surface area contributed by atoms with Crippen molar-refractivity contribution in [2.45, 2.75) is 64.0 Å². The van der Waals surface area contributed by atoms with Gasteiger partial charge in [0.25, 0.3) is 0 Å². The maximum Gasteiger partial charge on any atom is 0.223 e. The summed E-state index contributed by atoms with van der Waals surface area (Å²) in [6.45, 7) is 1.41. The van der Waals surface area contributed by atoms with Crippen LogP contribution in [-0.4, -0.2) is 23.4 Å². The largest absolute Gasteiger partial charge is 0.335 e. The molecular formula is C19H28N2O. The lowest BCUT2D eigenvalue weighted by Gasteiger charge is -2.37. The topological polar surface area (TPSA) is 46.3 Å². The first-order valence-electron chi connectivity index (χ1n) is 8.76. The molecule has 0 aromatic heterocycles. The molecule has 3 nitrogen and oxygen atoms in total. The zero-order chi connectivity index (χ0) is 15.4. The summed E-state index contributed by atoms with van der Waals surface area (Å²) >= 11 is 0. The van der Waals surface area contributed by atoms with Gasteiger partial charge in [0.2, 0.25) is 5.91 Å². The van der Waals surface area contributed by atoms with Crippen LogP contribution in [0.25, 0.3) is 0 Å². The van der Waals surface area contributed by atoms with Crippen molar-refractivity contribution in [3.05, 3.63) is 35.9 Å². The van der Waals surface area contributed by atoms with Crippen molar-refractivity contribution >= 4 is 5.91 Å². The molecule has 2 aliphatic rings. The summed E-state index contributed by atoms with van der Waals surface area (Å²) in [4.78, 5) is 15.0. The highest BCUT2D eigenvalue weighted by Gasteiger charge is 2.38. The maximum atomic E-state index is 12.9. The number of carbonyl (C=O) groups is 1. The third kappa shape index (κ3) is 3.70. The highest BCUT2D eigenvalue weighted by molar-refractivity contribution is 5.77. The fraction of sp³-hybridized carbons (Fsp3) is 0.632. The van der Waals surface area contributed by atoms with Crippen LogP contribution in [0.3, 0.4) is 0 Å². The number of hydrogen-bond donors (Lipinski definition) is 1. The van der Waals surface area contributed by atoms with E-state index < -0.39 is 0 Å². The average Bonchev–Trinajstić information content (AvgIpc) is 3.39. The van der Waals surface area contributed by atoms with E-state index in [0.29, 0.717) is 24.9 Å². The maximum absolute atomic E-state index is 12.9. The fourth-order valence-electron chi connectivity index (χ4n) is 3.76. The fourth-order valence-corrected chi connectivity index (χ4v) is 3.76. The molecule has 0 spiro atoms. The number of rotatable bonds is 6. The average molecular weight is 300 g/mol. The molecule has 2 saturated carbocycles. The Morgan fingerprint density at radius 3 is 2.41 bits per heavy atom. The number of nitrogens with two attached hydrogens (primary N) is 1. The molecule has 0 saturated heterocycles. The third-order valence-electron chi connectivity index (χ3n) is 5.38. The highest BCUT2D eigenvalue weighted by Crippen LogP contribution is 2.40. The van der Waals surface area contributed by atoms with E-state index in [-0.39, 0.29) is 5.41 Å². The van der Waals surface area contributed by atoms with Gasteiger partial charge in [-0.25, -0.2) is 0 Å². The Labute approximate surface area is 133 Å². The number of carbonyl (C=O) groups excluding carboxylic acids is 1. The Balaban J connectivity index is 1.67. The highest BCUT2D eigenvalue weighted by atomic mass is 16.2. The molecule has 120 valence electrons. The minimum atomic E-state index is 0.0686. The molecule has 1 amide bonds. The predicted octanol–water partition coefficient (Wildman–Crippen LogP) is 3.48. The van der Waals surface area contributed by atoms with Crippen molar-refractivity contribution in [1.29, 1.82) is 0 Å². The molecule has 2 N–H and O–H groups in total. The van der Waals surface area contributed by atoms with Crippen LogP contribution >= 0.6 is 0 Å². The van der Waals surface area contributed by atoms with Crippen LogP contribution in [0, 0.1) is 5.41 Å². The van der Waals surface area contributed by atoms with E-state index in [0.717, 1.165) is 32.2 Å². The summed E-state index contributed by atoms with van der Waals surface area (Å²) in [6.07, 6.45) is 8.97. The zero-order valence-electron chi connectivity index (χ0n) is 13.5. The first kappa shape index (κ1) is 15.5. The molecule has 22 heavy (non-hydrogen) atoms. The zero-order valence-corrected chi connectivity index (χ0v) is 13.5. The standard InChI is InChI=1S/C19H28N2O/c20-15-19(11-5-2-6-12-19)13-18(22)21(17-9-10-17)14-16-7-3-1-4-8-16/h1,3-4,7-8,17H,2,5-6,9-15,20H2. The van der Waals surface area contributed by atoms with Gasteiger partial charge in [-0.3, -0.25) is 4.79 Å². The minimum absolute atomic E-state index is 0.0686. The molecule has 0 aliphatic heterocycles. The summed E-state index contributed by atoms with van der Waals surface area (Å²) in [5.74, 6) is 0.318. The van der Waals surface area contributed by atoms with Gasteiger partial charge < -0.3 is 10.6 Å². The smallest absolute Gasteiger partial charge is 0.223 e. The van der Waals surface area contributed by atoms with Crippen molar-refractivity contribution in [3.63, 3.8) is 0 Å². The van der Waals surface area contributed by atoms with Crippen molar-refractivity contribution < 1.29 is 4.79 Å². The lowest BCUT2D eigenvalue weighted by Crippen LogP contribution is -2.41. The van der Waals surface area contributed by atoms with E-state index in [9.17, 15) is 4.79 Å². The molecule has 1 aromatic rings. The van der Waals surface area contributed by atoms with Crippen LogP contribution in [0.4, 0.5) is 0 Å². The van der Waals surface area contributed by atoms with Crippen LogP contribution < -0.4 is 5.73 Å². The molecule has 3 heteroatoms. The molecule has 0 atom stereocenters. The van der Waals surface area contributed by atoms with E-state index in [1.807, 2.05) is 18.2 Å². The van der Waals surface area contributed by atoms with Gasteiger partial charge in [-0.15, -0.1) is 0 Å². The van der Waals surface area contributed by atoms with Crippen molar-refractivity contribution in [1.82, 2.24) is 4.90 Å². The van der Waals surface area contributed by atoms with Gasteiger partial charge in [-0.1, -0.05) is 49.6 Å². The lowest BCUT2D eigenvalue weighted by molar-refractivity contribution is -0.135. The number of nitrogens with zero attached hydrogens (tertiary/aromatic N) is 1. The van der Waals surface area contributed by atoms with E-state index in [1.54, 1.807) is 0 Å². The van der Waals surface area contributed by atoms with Gasteiger partial charge in [0.15, 0.2) is 0 Å². The predicted molar refractivity (Wildman–Crippen MR) is 89.2 cm³/mol. The number of benzene rings is 1. The van der Waals surface area contributed by atoms with Crippen LogP contribution in [0.5, 0.6) is 0 Å². The van der Waals surface area contributed by atoms with Crippen LogP contribution in [0.2, 0.25) is 0 Å². The summed E-state index contributed by atoms with van der Waals surface area (Å²) < 4.78 is 0. The van der Waals surface area contributed by atoms with Crippen molar-refractivity contribution in [3.8, 4) is 0 Å². The second-order valence-electron chi connectivity index (χ2n) is 7.18. The quantitative estimate of drug-likeness (QED) is 0.874. The van der Waals surface area contributed by atoms with Gasteiger partial charge in [0, 0.05) is 19.0 Å². The molecule has 0 bridgehead atoms. The van der Waals surface area contributed by atoms with Gasteiger partial charge in [-0.2, -0.15) is 0 Å². The first-order chi connectivity index (χ1) is 10.7. The van der Waals surface area contributed by atoms with Crippen LogP contribution in [0.1, 0.15) is 56.9 Å². The molecule has 0 radical (unpaired) electrons. The van der Waals surface area contributed by atoms with E-state index >= 15 is 0 Å². The summed E-state index contributed by atoms with van der Waals surface area (Å²) in [7, 11) is 0. The molecule has 1 aromatic carbocycles. The molecule has 0 unspecified atom stereocenters. The van der Waals surface area contributed by atoms with Crippen molar-refractivity contribution in [2.75, 3.05) is 6.54 Å². The van der Waals surface area contributed by atoms with Crippen LogP contribution in [0.15, 0.2) is 30.3 Å². The number of amides is 1. The molecule has 3 rings (SSSR count). The second-order valence-corrected chi connectivity index (χ2v) is 7.18. The van der Waals surface area contributed by atoms with E-state index in [2.05, 4.69) is 17.0 Å². The van der Waals surface area contributed by atoms with Gasteiger partial charge >= 0.3 is 0 Å². The Bertz CT molecular complexity index is 489. The third-order valence-corrected chi connectivity index (χ3v) is 5.38. The Hall–Kier alpha value is -1.35. The Morgan fingerprint density at radius 2 is 1.82 bits per heavy atom. The van der Waals surface area contributed by atoms with Gasteiger partial charge in [0.1, 0.15) is 0 Å². The van der Waals surface area contributed by atoms with Crippen LogP contribution in [-0.2, 0) is 11.3 Å². The molecule has 0 heterocycles.